The summed E-state index contributed by atoms with van der Waals surface area (Å²) in [7, 11) is 1.44. The predicted octanol–water partition coefficient (Wildman–Crippen LogP) is 0.732. The molecule has 1 spiro atoms. The van der Waals surface area contributed by atoms with Crippen molar-refractivity contribution in [2.24, 2.45) is 23.2 Å². The molecule has 76 valence electrons. The number of rotatable bonds is 1. The third-order valence-corrected chi connectivity index (χ3v) is 4.43. The van der Waals surface area contributed by atoms with Gasteiger partial charge >= 0.3 is 5.97 Å². The first-order chi connectivity index (χ1) is 6.71. The van der Waals surface area contributed by atoms with E-state index in [4.69, 9.17) is 4.74 Å². The van der Waals surface area contributed by atoms with Crippen molar-refractivity contribution in [3.05, 3.63) is 12.2 Å². The highest BCUT2D eigenvalue weighted by atomic mass is 16.5. The van der Waals surface area contributed by atoms with Gasteiger partial charge in [0.25, 0.3) is 0 Å². The first kappa shape index (κ1) is 8.48. The minimum atomic E-state index is -0.233. The van der Waals surface area contributed by atoms with E-state index >= 15 is 0 Å². The van der Waals surface area contributed by atoms with E-state index in [1.165, 1.54) is 7.11 Å². The third kappa shape index (κ3) is 0.650. The Kier molecular flexibility index (Phi) is 1.45. The molecule has 2 fully saturated rings. The second-order valence-electron chi connectivity index (χ2n) is 4.63. The lowest BCUT2D eigenvalue weighted by Crippen LogP contribution is -2.63. The van der Waals surface area contributed by atoms with E-state index in [9.17, 15) is 9.90 Å². The zero-order valence-corrected chi connectivity index (χ0v) is 8.14. The first-order valence-electron chi connectivity index (χ1n) is 5.17. The van der Waals surface area contributed by atoms with Gasteiger partial charge < -0.3 is 9.84 Å². The van der Waals surface area contributed by atoms with Gasteiger partial charge in [-0.1, -0.05) is 12.2 Å². The normalized spacial score (nSPS) is 52.7. The molecule has 0 heterocycles. The van der Waals surface area contributed by atoms with E-state index in [-0.39, 0.29) is 29.3 Å². The fourth-order valence-corrected chi connectivity index (χ4v) is 3.72. The van der Waals surface area contributed by atoms with Crippen LogP contribution in [0.1, 0.15) is 12.8 Å². The first-order valence-corrected chi connectivity index (χ1v) is 5.17. The molecule has 3 nitrogen and oxygen atoms in total. The molecule has 1 N–H and O–H groups in total. The molecule has 14 heavy (non-hydrogen) atoms. The average molecular weight is 194 g/mol. The highest BCUT2D eigenvalue weighted by Gasteiger charge is 2.71. The Bertz CT molecular complexity index is 322. The molecule has 3 rings (SSSR count). The van der Waals surface area contributed by atoms with Gasteiger partial charge in [-0.15, -0.1) is 0 Å². The van der Waals surface area contributed by atoms with Crippen molar-refractivity contribution in [1.82, 2.24) is 0 Å². The number of hydrogen-bond acceptors (Lipinski definition) is 3. The van der Waals surface area contributed by atoms with Crippen molar-refractivity contribution < 1.29 is 14.6 Å². The summed E-state index contributed by atoms with van der Waals surface area (Å²) in [6, 6.07) is 0. The van der Waals surface area contributed by atoms with E-state index in [1.54, 1.807) is 0 Å². The second kappa shape index (κ2) is 2.40. The van der Waals surface area contributed by atoms with Gasteiger partial charge in [-0.25, -0.2) is 0 Å². The van der Waals surface area contributed by atoms with Crippen LogP contribution in [0, 0.1) is 23.2 Å². The van der Waals surface area contributed by atoms with E-state index in [0.29, 0.717) is 5.92 Å². The van der Waals surface area contributed by atoms with Crippen LogP contribution in [-0.4, -0.2) is 24.3 Å². The number of carbonyl (C=O) groups excluding carboxylic acids is 1. The summed E-state index contributed by atoms with van der Waals surface area (Å²) >= 11 is 0. The van der Waals surface area contributed by atoms with Gasteiger partial charge in [0.1, 0.15) is 0 Å². The molecule has 0 bridgehead atoms. The zero-order valence-electron chi connectivity index (χ0n) is 8.14. The van der Waals surface area contributed by atoms with Crippen molar-refractivity contribution in [1.29, 1.82) is 0 Å². The minimum absolute atomic E-state index is 0.0159. The van der Waals surface area contributed by atoms with Crippen LogP contribution >= 0.6 is 0 Å². The molecule has 3 aliphatic carbocycles. The monoisotopic (exact) mass is 194 g/mol. The van der Waals surface area contributed by atoms with Gasteiger partial charge in [-0.3, -0.25) is 4.79 Å². The van der Waals surface area contributed by atoms with Crippen molar-refractivity contribution in [2.75, 3.05) is 7.11 Å². The van der Waals surface area contributed by atoms with Crippen molar-refractivity contribution in [3.63, 3.8) is 0 Å². The molecule has 3 aliphatic rings. The maximum absolute atomic E-state index is 11.5. The second-order valence-corrected chi connectivity index (χ2v) is 4.63. The summed E-state index contributed by atoms with van der Waals surface area (Å²) in [5.41, 5.74) is -0.0428. The summed E-state index contributed by atoms with van der Waals surface area (Å²) < 4.78 is 4.79. The fourth-order valence-electron chi connectivity index (χ4n) is 3.72. The molecular formula is C11H14O3. The van der Waals surface area contributed by atoms with E-state index < -0.39 is 0 Å². The van der Waals surface area contributed by atoms with Gasteiger partial charge in [0, 0.05) is 11.3 Å². The Morgan fingerprint density at radius 2 is 2.36 bits per heavy atom. The topological polar surface area (TPSA) is 46.5 Å². The molecular weight excluding hydrogens is 180 g/mol. The number of hydrogen-bond donors (Lipinski definition) is 1. The zero-order chi connectivity index (χ0) is 9.92. The summed E-state index contributed by atoms with van der Waals surface area (Å²) in [5.74, 6) is 0.494. The fraction of sp³-hybridized carbons (Fsp3) is 0.727. The van der Waals surface area contributed by atoms with Crippen molar-refractivity contribution in [2.45, 2.75) is 18.9 Å². The molecule has 0 saturated heterocycles. The van der Waals surface area contributed by atoms with Crippen LogP contribution in [0.2, 0.25) is 0 Å². The Hall–Kier alpha value is -0.830. The number of allylic oxidation sites excluding steroid dienone is 1. The van der Waals surface area contributed by atoms with Crippen LogP contribution in [0.25, 0.3) is 0 Å². The van der Waals surface area contributed by atoms with Crippen LogP contribution in [0.3, 0.4) is 0 Å². The molecule has 0 aromatic carbocycles. The lowest BCUT2D eigenvalue weighted by atomic mass is 9.42. The number of aliphatic hydroxyl groups excluding tert-OH is 1. The predicted molar refractivity (Wildman–Crippen MR) is 49.3 cm³/mol. The number of aliphatic hydroxyl groups is 1. The molecule has 0 aromatic rings. The quantitative estimate of drug-likeness (QED) is 0.494. The lowest BCUT2D eigenvalue weighted by molar-refractivity contribution is -0.176. The molecule has 0 aromatic heterocycles. The van der Waals surface area contributed by atoms with Gasteiger partial charge in [-0.05, 0) is 18.8 Å². The van der Waals surface area contributed by atoms with Crippen LogP contribution in [0.4, 0.5) is 0 Å². The minimum Gasteiger partial charge on any atom is -0.469 e. The maximum Gasteiger partial charge on any atom is 0.309 e. The smallest absolute Gasteiger partial charge is 0.309 e. The van der Waals surface area contributed by atoms with Crippen LogP contribution < -0.4 is 0 Å². The maximum atomic E-state index is 11.5. The Balaban J connectivity index is 1.90. The summed E-state index contributed by atoms with van der Waals surface area (Å²) in [5, 5.41) is 9.87. The average Bonchev–Trinajstić information content (AvgIpc) is 2.48. The summed E-state index contributed by atoms with van der Waals surface area (Å²) in [6.07, 6.45) is 5.70. The van der Waals surface area contributed by atoms with E-state index in [1.807, 2.05) is 6.08 Å². The number of methoxy groups -OCH3 is 1. The van der Waals surface area contributed by atoms with Crippen molar-refractivity contribution in [3.8, 4) is 0 Å². The third-order valence-electron chi connectivity index (χ3n) is 4.43. The lowest BCUT2D eigenvalue weighted by Gasteiger charge is -2.61. The number of carbonyl (C=O) groups is 1. The Morgan fingerprint density at radius 3 is 2.93 bits per heavy atom. The Labute approximate surface area is 82.8 Å². The molecule has 5 atom stereocenters. The highest BCUT2D eigenvalue weighted by Crippen LogP contribution is 2.70. The standard InChI is InChI=1S/C11H14O3/c1-14-10(13)9-6-2-3-8(12)11(6)5-4-7(9)11/h4-9,12H,2-3H2,1H3/t6-,7-,8?,9-,11?/m1/s1. The largest absolute Gasteiger partial charge is 0.469 e. The molecule has 3 heteroatoms. The Morgan fingerprint density at radius 1 is 1.57 bits per heavy atom. The van der Waals surface area contributed by atoms with Gasteiger partial charge in [0.15, 0.2) is 0 Å². The van der Waals surface area contributed by atoms with Gasteiger partial charge in [0.05, 0.1) is 19.1 Å². The number of ether oxygens (including phenoxy) is 1. The molecule has 0 radical (unpaired) electrons. The molecule has 2 unspecified atom stereocenters. The summed E-state index contributed by atoms with van der Waals surface area (Å²) in [6.45, 7) is 0. The number of esters is 1. The molecule has 0 aliphatic heterocycles. The molecule has 2 saturated carbocycles. The SMILES string of the molecule is COC(=O)[C@H]1[C@H]2C=CC23C(O)CC[C@H]13. The van der Waals surface area contributed by atoms with E-state index in [0.717, 1.165) is 12.8 Å². The van der Waals surface area contributed by atoms with Crippen LogP contribution in [0.5, 0.6) is 0 Å². The highest BCUT2D eigenvalue weighted by molar-refractivity contribution is 5.77. The van der Waals surface area contributed by atoms with Gasteiger partial charge in [0.2, 0.25) is 0 Å². The molecule has 0 amide bonds. The summed E-state index contributed by atoms with van der Waals surface area (Å²) in [4.78, 5) is 11.5. The van der Waals surface area contributed by atoms with Crippen LogP contribution in [0.15, 0.2) is 12.2 Å². The van der Waals surface area contributed by atoms with Gasteiger partial charge in [-0.2, -0.15) is 0 Å². The van der Waals surface area contributed by atoms with E-state index in [2.05, 4.69) is 6.08 Å². The van der Waals surface area contributed by atoms with Crippen LogP contribution in [-0.2, 0) is 9.53 Å². The van der Waals surface area contributed by atoms with Crippen molar-refractivity contribution >= 4 is 5.97 Å².